The molecule has 0 saturated heterocycles. The largest absolute Gasteiger partial charge is 0.480 e. The standard InChI is InChI=1S/C25H24N6O4.ClH/c1-15-20(35-25(34)31(14-22(32)33)18-5-3-2-4-6-18)12-11-19-23(15)30-21(29-19)13-28-17-9-7-16(8-10-17)24(26)27;/h2-12,28H,13-14H2,1H3,(H3,26,27)(H,29,30)(H,32,33);1H. The normalized spacial score (nSPS) is 10.4. The molecule has 186 valence electrons. The summed E-state index contributed by atoms with van der Waals surface area (Å²) in [6.45, 7) is 1.67. The maximum absolute atomic E-state index is 12.8. The highest BCUT2D eigenvalue weighted by Crippen LogP contribution is 2.27. The van der Waals surface area contributed by atoms with Crippen LogP contribution >= 0.6 is 12.4 Å². The van der Waals surface area contributed by atoms with Crippen LogP contribution < -0.4 is 20.7 Å². The van der Waals surface area contributed by atoms with Crippen LogP contribution in [0.15, 0.2) is 66.7 Å². The van der Waals surface area contributed by atoms with Gasteiger partial charge in [-0.1, -0.05) is 18.2 Å². The minimum Gasteiger partial charge on any atom is -0.480 e. The number of carboxylic acids is 1. The molecule has 36 heavy (non-hydrogen) atoms. The Morgan fingerprint density at radius 3 is 2.44 bits per heavy atom. The van der Waals surface area contributed by atoms with Gasteiger partial charge in [-0.15, -0.1) is 12.4 Å². The zero-order valence-electron chi connectivity index (χ0n) is 19.3. The van der Waals surface area contributed by atoms with Crippen molar-refractivity contribution in [1.29, 1.82) is 5.41 Å². The summed E-state index contributed by atoms with van der Waals surface area (Å²) in [4.78, 5) is 33.1. The molecule has 0 spiro atoms. The number of nitrogens with two attached hydrogens (primary N) is 1. The van der Waals surface area contributed by atoms with Crippen LogP contribution in [0.3, 0.4) is 0 Å². The predicted octanol–water partition coefficient (Wildman–Crippen LogP) is 4.28. The summed E-state index contributed by atoms with van der Waals surface area (Å²) < 4.78 is 5.57. The van der Waals surface area contributed by atoms with Crippen molar-refractivity contribution in [2.45, 2.75) is 13.5 Å². The molecule has 0 saturated carbocycles. The zero-order chi connectivity index (χ0) is 24.9. The second kappa shape index (κ2) is 11.2. The van der Waals surface area contributed by atoms with Gasteiger partial charge in [0.15, 0.2) is 0 Å². The average Bonchev–Trinajstić information content (AvgIpc) is 3.27. The number of carbonyl (C=O) groups is 2. The number of aromatic nitrogens is 2. The average molecular weight is 509 g/mol. The van der Waals surface area contributed by atoms with E-state index in [1.807, 2.05) is 12.1 Å². The number of aryl methyl sites for hydroxylation is 1. The van der Waals surface area contributed by atoms with Gasteiger partial charge in [0.25, 0.3) is 0 Å². The second-order valence-corrected chi connectivity index (χ2v) is 7.80. The van der Waals surface area contributed by atoms with Gasteiger partial charge in [0, 0.05) is 22.5 Å². The molecule has 1 aromatic heterocycles. The first-order valence-corrected chi connectivity index (χ1v) is 10.7. The van der Waals surface area contributed by atoms with Crippen molar-refractivity contribution in [1.82, 2.24) is 9.97 Å². The molecule has 4 aromatic rings. The van der Waals surface area contributed by atoms with Crippen molar-refractivity contribution in [3.63, 3.8) is 0 Å². The molecule has 0 aliphatic rings. The molecule has 0 aliphatic heterocycles. The van der Waals surface area contributed by atoms with Crippen molar-refractivity contribution < 1.29 is 19.4 Å². The lowest BCUT2D eigenvalue weighted by molar-refractivity contribution is -0.135. The molecule has 0 fully saturated rings. The van der Waals surface area contributed by atoms with Crippen molar-refractivity contribution >= 4 is 52.7 Å². The minimum absolute atomic E-state index is 0. The summed E-state index contributed by atoms with van der Waals surface area (Å²) in [6.07, 6.45) is -0.799. The molecule has 6 N–H and O–H groups in total. The lowest BCUT2D eigenvalue weighted by atomic mass is 10.2. The fraction of sp³-hybridized carbons (Fsp3) is 0.120. The van der Waals surface area contributed by atoms with E-state index in [4.69, 9.17) is 15.9 Å². The highest BCUT2D eigenvalue weighted by Gasteiger charge is 2.22. The summed E-state index contributed by atoms with van der Waals surface area (Å²) in [6, 6.07) is 19.1. The molecule has 1 heterocycles. The summed E-state index contributed by atoms with van der Waals surface area (Å²) in [7, 11) is 0. The Labute approximate surface area is 213 Å². The van der Waals surface area contributed by atoms with Crippen LogP contribution in [0.2, 0.25) is 0 Å². The van der Waals surface area contributed by atoms with Gasteiger partial charge in [0.2, 0.25) is 0 Å². The predicted molar refractivity (Wildman–Crippen MR) is 140 cm³/mol. The van der Waals surface area contributed by atoms with Gasteiger partial charge in [-0.3, -0.25) is 15.1 Å². The number of fused-ring (bicyclic) bond motifs is 1. The van der Waals surface area contributed by atoms with Crippen LogP contribution in [0, 0.1) is 12.3 Å². The Morgan fingerprint density at radius 1 is 1.11 bits per heavy atom. The SMILES string of the molecule is Cc1c(OC(=O)N(CC(=O)O)c2ccccc2)ccc2[nH]c(CNc3ccc(C(=N)N)cc3)nc12.Cl. The maximum atomic E-state index is 12.8. The van der Waals surface area contributed by atoms with Crippen molar-refractivity contribution in [2.75, 3.05) is 16.8 Å². The molecule has 0 bridgehead atoms. The Morgan fingerprint density at radius 2 is 1.81 bits per heavy atom. The topological polar surface area (TPSA) is 157 Å². The van der Waals surface area contributed by atoms with E-state index in [1.54, 1.807) is 61.5 Å². The number of imidazole rings is 1. The molecule has 0 unspecified atom stereocenters. The van der Waals surface area contributed by atoms with E-state index in [1.165, 1.54) is 0 Å². The van der Waals surface area contributed by atoms with Gasteiger partial charge >= 0.3 is 12.1 Å². The first-order valence-electron chi connectivity index (χ1n) is 10.7. The molecule has 0 aliphatic carbocycles. The smallest absolute Gasteiger partial charge is 0.420 e. The number of rotatable bonds is 8. The Kier molecular flexibility index (Phi) is 8.13. The van der Waals surface area contributed by atoms with Gasteiger partial charge < -0.3 is 25.9 Å². The number of aliphatic carboxylic acids is 1. The van der Waals surface area contributed by atoms with E-state index < -0.39 is 18.6 Å². The molecule has 0 atom stereocenters. The number of benzene rings is 3. The Balaban J connectivity index is 0.00000361. The van der Waals surface area contributed by atoms with Crippen LogP contribution in [0.4, 0.5) is 16.2 Å². The number of halogens is 1. The van der Waals surface area contributed by atoms with Crippen LogP contribution in [-0.4, -0.2) is 39.5 Å². The van der Waals surface area contributed by atoms with Gasteiger partial charge in [-0.25, -0.2) is 9.78 Å². The number of nitrogens with zero attached hydrogens (tertiary/aromatic N) is 2. The number of hydrogen-bond acceptors (Lipinski definition) is 6. The number of nitrogens with one attached hydrogen (secondary N) is 3. The molecular formula is C25H25ClN6O4. The number of ether oxygens (including phenoxy) is 1. The summed E-state index contributed by atoms with van der Waals surface area (Å²) in [5.74, 6) is -0.173. The molecule has 10 nitrogen and oxygen atoms in total. The Hall–Kier alpha value is -4.57. The van der Waals surface area contributed by atoms with Gasteiger partial charge in [-0.05, 0) is 55.5 Å². The van der Waals surface area contributed by atoms with Crippen LogP contribution in [0.1, 0.15) is 17.0 Å². The molecule has 1 amide bonds. The van der Waals surface area contributed by atoms with E-state index in [9.17, 15) is 14.7 Å². The molecular weight excluding hydrogens is 484 g/mol. The third-order valence-electron chi connectivity index (χ3n) is 5.34. The van der Waals surface area contributed by atoms with Gasteiger partial charge in [-0.2, -0.15) is 0 Å². The van der Waals surface area contributed by atoms with Crippen molar-refractivity contribution in [3.05, 3.63) is 83.7 Å². The van der Waals surface area contributed by atoms with Crippen LogP contribution in [-0.2, 0) is 11.3 Å². The summed E-state index contributed by atoms with van der Waals surface area (Å²) in [5, 5.41) is 20.0. The first kappa shape index (κ1) is 26.0. The second-order valence-electron chi connectivity index (χ2n) is 7.80. The number of para-hydroxylation sites is 1. The van der Waals surface area contributed by atoms with Crippen molar-refractivity contribution in [3.8, 4) is 5.75 Å². The quantitative estimate of drug-likeness (QED) is 0.175. The minimum atomic E-state index is -1.15. The number of amides is 1. The fourth-order valence-corrected chi connectivity index (χ4v) is 3.55. The highest BCUT2D eigenvalue weighted by molar-refractivity contribution is 5.95. The van der Waals surface area contributed by atoms with Crippen LogP contribution in [0.5, 0.6) is 5.75 Å². The number of carbonyl (C=O) groups excluding carboxylic acids is 1. The lowest BCUT2D eigenvalue weighted by Gasteiger charge is -2.20. The zero-order valence-corrected chi connectivity index (χ0v) is 20.1. The van der Waals surface area contributed by atoms with E-state index in [-0.39, 0.29) is 18.2 Å². The number of carboxylic acid groups (broad SMARTS) is 1. The molecule has 0 radical (unpaired) electrons. The van der Waals surface area contributed by atoms with Gasteiger partial charge in [0.1, 0.15) is 24.0 Å². The number of H-pyrrole nitrogens is 1. The number of aromatic amines is 1. The van der Waals surface area contributed by atoms with E-state index >= 15 is 0 Å². The Bertz CT molecular complexity index is 1390. The van der Waals surface area contributed by atoms with E-state index in [0.29, 0.717) is 40.4 Å². The summed E-state index contributed by atoms with van der Waals surface area (Å²) in [5.41, 5.74) is 9.46. The number of nitrogen functional groups attached to an aromatic ring is 1. The maximum Gasteiger partial charge on any atom is 0.420 e. The highest BCUT2D eigenvalue weighted by atomic mass is 35.5. The van der Waals surface area contributed by atoms with E-state index in [2.05, 4.69) is 15.3 Å². The first-order chi connectivity index (χ1) is 16.8. The molecule has 11 heteroatoms. The number of anilines is 2. The lowest BCUT2D eigenvalue weighted by Crippen LogP contribution is -2.37. The fourth-order valence-electron chi connectivity index (χ4n) is 3.55. The van der Waals surface area contributed by atoms with Crippen molar-refractivity contribution in [2.24, 2.45) is 5.73 Å². The third-order valence-corrected chi connectivity index (χ3v) is 5.34. The third kappa shape index (κ3) is 5.91. The number of amidine groups is 1. The summed E-state index contributed by atoms with van der Waals surface area (Å²) >= 11 is 0. The molecule has 4 rings (SSSR count). The number of hydrogen-bond donors (Lipinski definition) is 5. The van der Waals surface area contributed by atoms with Crippen LogP contribution in [0.25, 0.3) is 11.0 Å². The van der Waals surface area contributed by atoms with Gasteiger partial charge in [0.05, 0.1) is 17.6 Å². The van der Waals surface area contributed by atoms with E-state index in [0.717, 1.165) is 16.1 Å². The monoisotopic (exact) mass is 508 g/mol. The molecule has 3 aromatic carbocycles.